The highest BCUT2D eigenvalue weighted by Crippen LogP contribution is 1.99. The van der Waals surface area contributed by atoms with E-state index in [1.54, 1.807) is 0 Å². The molecule has 0 aliphatic carbocycles. The summed E-state index contributed by atoms with van der Waals surface area (Å²) < 4.78 is 9.90. The Morgan fingerprint density at radius 2 is 2.42 bits per heavy atom. The van der Waals surface area contributed by atoms with E-state index in [4.69, 9.17) is 14.4 Å². The van der Waals surface area contributed by atoms with E-state index in [2.05, 4.69) is 10.1 Å². The Morgan fingerprint density at radius 1 is 1.58 bits per heavy atom. The monoisotopic (exact) mass is 172 g/mol. The normalized spacial score (nSPS) is 10.5. The molecule has 68 valence electrons. The average Bonchev–Trinajstić information content (AvgIpc) is 2.53. The lowest BCUT2D eigenvalue weighted by atomic mass is 10.5. The molecule has 0 amide bonds. The Bertz CT molecular complexity index is 224. The molecule has 5 nitrogen and oxygen atoms in total. The first-order valence-electron chi connectivity index (χ1n) is 3.87. The molecule has 0 saturated carbocycles. The van der Waals surface area contributed by atoms with E-state index in [0.29, 0.717) is 24.9 Å². The fourth-order valence-electron chi connectivity index (χ4n) is 0.717. The van der Waals surface area contributed by atoms with Gasteiger partial charge in [0.1, 0.15) is 13.2 Å². The molecule has 0 radical (unpaired) electrons. The van der Waals surface area contributed by atoms with Crippen LogP contribution in [0.5, 0.6) is 0 Å². The van der Waals surface area contributed by atoms with Crippen LogP contribution in [0.25, 0.3) is 0 Å². The fourth-order valence-corrected chi connectivity index (χ4v) is 0.717. The van der Waals surface area contributed by atoms with Crippen molar-refractivity contribution >= 4 is 0 Å². The van der Waals surface area contributed by atoms with Gasteiger partial charge in [0.25, 0.3) is 5.89 Å². The predicted octanol–water partition coefficient (Wildman–Crippen LogP) is 0.488. The highest BCUT2D eigenvalue weighted by Gasteiger charge is 2.03. The molecule has 1 heterocycles. The molecule has 0 aliphatic heterocycles. The van der Waals surface area contributed by atoms with E-state index in [0.717, 1.165) is 6.42 Å². The first-order valence-corrected chi connectivity index (χ1v) is 3.87. The van der Waals surface area contributed by atoms with Crippen molar-refractivity contribution in [3.63, 3.8) is 0 Å². The number of aliphatic hydroxyl groups is 1. The highest BCUT2D eigenvalue weighted by atomic mass is 16.5. The average molecular weight is 172 g/mol. The number of hydrogen-bond donors (Lipinski definition) is 1. The van der Waals surface area contributed by atoms with Crippen LogP contribution < -0.4 is 0 Å². The summed E-state index contributed by atoms with van der Waals surface area (Å²) in [5.41, 5.74) is 0. The number of aromatic nitrogens is 2. The van der Waals surface area contributed by atoms with Crippen LogP contribution in [0, 0.1) is 0 Å². The third-order valence-corrected chi connectivity index (χ3v) is 1.23. The Morgan fingerprint density at radius 3 is 3.00 bits per heavy atom. The zero-order valence-electron chi connectivity index (χ0n) is 6.99. The molecule has 12 heavy (non-hydrogen) atoms. The van der Waals surface area contributed by atoms with E-state index < -0.39 is 0 Å². The fraction of sp³-hybridized carbons (Fsp3) is 0.714. The van der Waals surface area contributed by atoms with Gasteiger partial charge in [-0.15, -0.1) is 0 Å². The zero-order valence-corrected chi connectivity index (χ0v) is 6.99. The maximum Gasteiger partial charge on any atom is 0.252 e. The van der Waals surface area contributed by atoms with Crippen molar-refractivity contribution in [2.75, 3.05) is 6.61 Å². The predicted molar refractivity (Wildman–Crippen MR) is 40.2 cm³/mol. The Labute approximate surface area is 70.3 Å². The van der Waals surface area contributed by atoms with Crippen LogP contribution in [-0.2, 0) is 18.0 Å². The topological polar surface area (TPSA) is 68.4 Å². The maximum atomic E-state index is 8.60. The Balaban J connectivity index is 2.31. The summed E-state index contributed by atoms with van der Waals surface area (Å²) in [6.45, 7) is 2.82. The molecule has 0 aliphatic rings. The Kier molecular flexibility index (Phi) is 3.69. The van der Waals surface area contributed by atoms with Gasteiger partial charge in [0.15, 0.2) is 5.82 Å². The van der Waals surface area contributed by atoms with E-state index in [-0.39, 0.29) is 6.61 Å². The van der Waals surface area contributed by atoms with Gasteiger partial charge >= 0.3 is 0 Å². The molecule has 0 aromatic carbocycles. The third kappa shape index (κ3) is 2.60. The molecule has 0 spiro atoms. The van der Waals surface area contributed by atoms with Crippen LogP contribution in [0.1, 0.15) is 25.1 Å². The lowest BCUT2D eigenvalue weighted by molar-refractivity contribution is 0.0981. The lowest BCUT2D eigenvalue weighted by Gasteiger charge is -1.94. The number of nitrogens with zero attached hydrogens (tertiary/aromatic N) is 2. The molecule has 5 heteroatoms. The summed E-state index contributed by atoms with van der Waals surface area (Å²) in [6.07, 6.45) is 0.959. The molecule has 0 unspecified atom stereocenters. The second-order valence-corrected chi connectivity index (χ2v) is 2.32. The van der Waals surface area contributed by atoms with E-state index in [1.165, 1.54) is 0 Å². The Hall–Kier alpha value is -0.940. The third-order valence-electron chi connectivity index (χ3n) is 1.23. The maximum absolute atomic E-state index is 8.60. The standard InChI is InChI=1S/C7H12N2O3/c1-2-3-11-5-7-8-6(4-10)9-12-7/h10H,2-5H2,1H3. The minimum Gasteiger partial charge on any atom is -0.388 e. The van der Waals surface area contributed by atoms with Crippen LogP contribution in [0.3, 0.4) is 0 Å². The van der Waals surface area contributed by atoms with Gasteiger partial charge in [-0.2, -0.15) is 4.98 Å². The molecule has 1 N–H and O–H groups in total. The van der Waals surface area contributed by atoms with Crippen molar-refractivity contribution in [3.8, 4) is 0 Å². The van der Waals surface area contributed by atoms with Crippen molar-refractivity contribution in [3.05, 3.63) is 11.7 Å². The number of hydrogen-bond acceptors (Lipinski definition) is 5. The van der Waals surface area contributed by atoms with Gasteiger partial charge in [-0.1, -0.05) is 12.1 Å². The van der Waals surface area contributed by atoms with E-state index in [1.807, 2.05) is 6.92 Å². The van der Waals surface area contributed by atoms with Gasteiger partial charge in [-0.25, -0.2) is 0 Å². The molecular formula is C7H12N2O3. The SMILES string of the molecule is CCCOCc1nc(CO)no1. The summed E-state index contributed by atoms with van der Waals surface area (Å²) in [6, 6.07) is 0. The van der Waals surface area contributed by atoms with Crippen molar-refractivity contribution in [1.29, 1.82) is 0 Å². The van der Waals surface area contributed by atoms with Gasteiger partial charge in [-0.3, -0.25) is 0 Å². The quantitative estimate of drug-likeness (QED) is 0.654. The molecule has 1 aromatic heterocycles. The molecule has 1 rings (SSSR count). The highest BCUT2D eigenvalue weighted by molar-refractivity contribution is 4.81. The molecule has 0 fully saturated rings. The van der Waals surface area contributed by atoms with Crippen LogP contribution >= 0.6 is 0 Å². The van der Waals surface area contributed by atoms with Crippen molar-refractivity contribution < 1.29 is 14.4 Å². The molecule has 0 saturated heterocycles. The lowest BCUT2D eigenvalue weighted by Crippen LogP contribution is -1.94. The van der Waals surface area contributed by atoms with Crippen molar-refractivity contribution in [2.45, 2.75) is 26.6 Å². The molecule has 0 bridgehead atoms. The molecule has 0 atom stereocenters. The van der Waals surface area contributed by atoms with Crippen molar-refractivity contribution in [2.24, 2.45) is 0 Å². The second kappa shape index (κ2) is 4.84. The van der Waals surface area contributed by atoms with Crippen LogP contribution in [0.2, 0.25) is 0 Å². The van der Waals surface area contributed by atoms with Gasteiger partial charge in [-0.05, 0) is 6.42 Å². The minimum absolute atomic E-state index is 0.197. The first-order chi connectivity index (χ1) is 5.86. The zero-order chi connectivity index (χ0) is 8.81. The largest absolute Gasteiger partial charge is 0.388 e. The van der Waals surface area contributed by atoms with Crippen LogP contribution in [0.4, 0.5) is 0 Å². The van der Waals surface area contributed by atoms with Crippen LogP contribution in [0.15, 0.2) is 4.52 Å². The van der Waals surface area contributed by atoms with Crippen molar-refractivity contribution in [1.82, 2.24) is 10.1 Å². The first kappa shape index (κ1) is 9.15. The van der Waals surface area contributed by atoms with Gasteiger partial charge < -0.3 is 14.4 Å². The van der Waals surface area contributed by atoms with E-state index >= 15 is 0 Å². The summed E-state index contributed by atoms with van der Waals surface area (Å²) in [4.78, 5) is 3.85. The minimum atomic E-state index is -0.197. The molecule has 1 aromatic rings. The van der Waals surface area contributed by atoms with Crippen LogP contribution in [-0.4, -0.2) is 21.9 Å². The number of aliphatic hydroxyl groups excluding tert-OH is 1. The molecular weight excluding hydrogens is 160 g/mol. The summed E-state index contributed by atoms with van der Waals surface area (Å²) >= 11 is 0. The smallest absolute Gasteiger partial charge is 0.252 e. The van der Waals surface area contributed by atoms with E-state index in [9.17, 15) is 0 Å². The summed E-state index contributed by atoms with van der Waals surface area (Å²) in [5.74, 6) is 0.706. The number of ether oxygens (including phenoxy) is 1. The van der Waals surface area contributed by atoms with Gasteiger partial charge in [0.2, 0.25) is 0 Å². The van der Waals surface area contributed by atoms with Gasteiger partial charge in [0, 0.05) is 6.61 Å². The van der Waals surface area contributed by atoms with Gasteiger partial charge in [0.05, 0.1) is 0 Å². The second-order valence-electron chi connectivity index (χ2n) is 2.32. The summed E-state index contributed by atoms with van der Waals surface area (Å²) in [5, 5.41) is 12.1. The summed E-state index contributed by atoms with van der Waals surface area (Å²) in [7, 11) is 0. The number of rotatable bonds is 5.